The van der Waals surface area contributed by atoms with Crippen LogP contribution in [0.4, 0.5) is 102 Å². The molecule has 0 aliphatic carbocycles. The fourth-order valence-electron chi connectivity index (χ4n) is 19.3. The molecule has 4 aliphatic heterocycles. The summed E-state index contributed by atoms with van der Waals surface area (Å²) in [4.78, 5) is 14.7. The number of fused-ring (bicyclic) bond motifs is 16. The van der Waals surface area contributed by atoms with Crippen LogP contribution in [0.5, 0.6) is 0 Å². The summed E-state index contributed by atoms with van der Waals surface area (Å²) >= 11 is 0. The Morgan fingerprint density at radius 3 is 1.07 bits per heavy atom. The molecule has 19 aromatic rings. The maximum atomic E-state index is 6.57. The molecule has 8 heteroatoms. The lowest BCUT2D eigenvalue weighted by Gasteiger charge is -2.43. The first kappa shape index (κ1) is 66.6. The Kier molecular flexibility index (Phi) is 15.0. The maximum absolute atomic E-state index is 6.57. The molecule has 0 spiro atoms. The number of aromatic nitrogens is 1. The second-order valence-corrected chi connectivity index (χ2v) is 31.7. The maximum Gasteiger partial charge on any atom is 0.137 e. The first-order chi connectivity index (χ1) is 55.9. The Labute approximate surface area is 663 Å². The first-order valence-electron chi connectivity index (χ1n) is 39.6. The quantitative estimate of drug-likeness (QED) is 0.157. The SMILES string of the molecule is Cc1cc2cc(N3c4ccccc4C(C)(C)c4cc5c6ccccc6n(-c6ccccc6)c5cc43)c(C)cc2cc1N1c2ccccc2C(C)(C)c2ccccc21.c1ccc(N2c3ccccc3N(c3cccc4c(N5c6ccccc6N(c6ccccc6)c6cc7c(cc65)oc5ccccc57)cccc34)c3ccccc32)cc1. The lowest BCUT2D eigenvalue weighted by atomic mass is 9.73. The minimum Gasteiger partial charge on any atom is -0.456 e. The number of furan rings is 1. The van der Waals surface area contributed by atoms with Crippen molar-refractivity contribution in [2.75, 3.05) is 29.4 Å². The van der Waals surface area contributed by atoms with Crippen molar-refractivity contribution in [3.05, 3.63) is 403 Å². The molecule has 23 rings (SSSR count). The van der Waals surface area contributed by atoms with Crippen molar-refractivity contribution < 1.29 is 4.42 Å². The molecule has 0 saturated carbocycles. The highest BCUT2D eigenvalue weighted by atomic mass is 16.3. The van der Waals surface area contributed by atoms with Gasteiger partial charge in [0.25, 0.3) is 0 Å². The summed E-state index contributed by atoms with van der Waals surface area (Å²) in [6.07, 6.45) is 0. The first-order valence-corrected chi connectivity index (χ1v) is 39.6. The number of nitrogens with zero attached hydrogens (tertiary/aromatic N) is 7. The number of hydrogen-bond donors (Lipinski definition) is 0. The van der Waals surface area contributed by atoms with Gasteiger partial charge in [-0.3, -0.25) is 0 Å². The minimum absolute atomic E-state index is 0.101. The van der Waals surface area contributed by atoms with Crippen molar-refractivity contribution >= 4 is 168 Å². The van der Waals surface area contributed by atoms with Crippen molar-refractivity contribution in [3.8, 4) is 5.69 Å². The molecule has 0 fully saturated rings. The van der Waals surface area contributed by atoms with E-state index in [0.29, 0.717) is 0 Å². The van der Waals surface area contributed by atoms with Gasteiger partial charge in [0, 0.05) is 77.7 Å². The number of hydrogen-bond acceptors (Lipinski definition) is 7. The fraction of sp³-hybridized carbons (Fsp3) is 0.0755. The molecule has 0 atom stereocenters. The molecule has 0 unspecified atom stereocenters. The van der Waals surface area contributed by atoms with Crippen LogP contribution in [0, 0.1) is 13.8 Å². The van der Waals surface area contributed by atoms with E-state index in [1.165, 1.54) is 106 Å². The Morgan fingerprint density at radius 1 is 0.202 bits per heavy atom. The van der Waals surface area contributed by atoms with Gasteiger partial charge in [0.15, 0.2) is 0 Å². The van der Waals surface area contributed by atoms with Gasteiger partial charge in [-0.25, -0.2) is 0 Å². The number of rotatable bonds is 7. The van der Waals surface area contributed by atoms with Crippen LogP contribution >= 0.6 is 0 Å². The number of aryl methyl sites for hydroxylation is 2. The van der Waals surface area contributed by atoms with Gasteiger partial charge in [0.05, 0.1) is 90.7 Å². The summed E-state index contributed by atoms with van der Waals surface area (Å²) in [7, 11) is 0. The molecule has 0 amide bonds. The van der Waals surface area contributed by atoms with Crippen LogP contribution in [0.25, 0.3) is 71.0 Å². The van der Waals surface area contributed by atoms with E-state index in [1.807, 2.05) is 6.07 Å². The van der Waals surface area contributed by atoms with Crippen molar-refractivity contribution in [1.82, 2.24) is 4.57 Å². The van der Waals surface area contributed by atoms with Crippen LogP contribution in [0.3, 0.4) is 0 Å². The summed E-state index contributed by atoms with van der Waals surface area (Å²) in [6.45, 7) is 14.0. The molecule has 0 N–H and O–H groups in total. The molecule has 544 valence electrons. The zero-order chi connectivity index (χ0) is 76.2. The van der Waals surface area contributed by atoms with Gasteiger partial charge in [-0.1, -0.05) is 234 Å². The van der Waals surface area contributed by atoms with Crippen LogP contribution in [-0.2, 0) is 10.8 Å². The van der Waals surface area contributed by atoms with Gasteiger partial charge < -0.3 is 38.4 Å². The Hall–Kier alpha value is -14.3. The summed E-state index contributed by atoms with van der Waals surface area (Å²) in [5.41, 5.74) is 33.6. The van der Waals surface area contributed by atoms with Crippen LogP contribution in [-0.4, -0.2) is 4.57 Å². The third-order valence-corrected chi connectivity index (χ3v) is 24.6. The molecule has 2 aromatic heterocycles. The standard InChI is InChI=1S/C54H45N3.C52H34N4O/c1-34-28-37-31-50(35(2)29-36(37)30-49(34)56-46-25-15-11-21-41(46)53(3,4)42-22-12-16-26-47(42)56)57-48-27-17-13-23-43(48)54(5,6)44-32-40-39-20-10-14-24-45(39)55(51(40)33-52(44)57)38-18-8-7-9-19-38;1-3-17-35(18-4-1)53-43-24-8-11-27-46(43)55(47-28-12-9-25-44(47)53)41-30-15-23-38-37(41)22-16-31-42(38)56-48-29-13-10-26-45(48)54(36-19-5-2-6-20-36)49-33-40-39-21-7-14-32-51(39)57-52(40)34-50(49)56/h7-33H,1-6H3;1-34H. The minimum atomic E-state index is -0.210. The van der Waals surface area contributed by atoms with Gasteiger partial charge in [0.1, 0.15) is 11.2 Å². The predicted octanol–water partition coefficient (Wildman–Crippen LogP) is 30.0. The van der Waals surface area contributed by atoms with E-state index in [-0.39, 0.29) is 10.8 Å². The average molecular weight is 1470 g/mol. The van der Waals surface area contributed by atoms with E-state index >= 15 is 0 Å². The van der Waals surface area contributed by atoms with Crippen LogP contribution < -0.4 is 29.4 Å². The summed E-state index contributed by atoms with van der Waals surface area (Å²) in [5.74, 6) is 0. The monoisotopic (exact) mass is 1470 g/mol. The van der Waals surface area contributed by atoms with E-state index < -0.39 is 0 Å². The average Bonchev–Trinajstić information content (AvgIpc) is 1.37. The number of anilines is 18. The van der Waals surface area contributed by atoms with E-state index in [4.69, 9.17) is 4.42 Å². The number of benzene rings is 17. The van der Waals surface area contributed by atoms with Crippen molar-refractivity contribution in [1.29, 1.82) is 0 Å². The highest BCUT2D eigenvalue weighted by Gasteiger charge is 2.41. The Balaban J connectivity index is 0.000000139. The van der Waals surface area contributed by atoms with Gasteiger partial charge >= 0.3 is 0 Å². The molecule has 4 aliphatic rings. The van der Waals surface area contributed by atoms with Crippen molar-refractivity contribution in [3.63, 3.8) is 0 Å². The second-order valence-electron chi connectivity index (χ2n) is 31.7. The molecule has 6 heterocycles. The molecule has 17 aromatic carbocycles. The third-order valence-electron chi connectivity index (χ3n) is 24.6. The second kappa shape index (κ2) is 25.6. The van der Waals surface area contributed by atoms with Crippen LogP contribution in [0.1, 0.15) is 61.1 Å². The normalized spacial score (nSPS) is 14.1. The Morgan fingerprint density at radius 2 is 0.561 bits per heavy atom. The van der Waals surface area contributed by atoms with Gasteiger partial charge in [-0.2, -0.15) is 0 Å². The van der Waals surface area contributed by atoms with Crippen molar-refractivity contribution in [2.24, 2.45) is 0 Å². The summed E-state index contributed by atoms with van der Waals surface area (Å²) in [6, 6.07) is 135. The third kappa shape index (κ3) is 10.0. The lowest BCUT2D eigenvalue weighted by Crippen LogP contribution is -2.31. The van der Waals surface area contributed by atoms with Gasteiger partial charge in [-0.05, 0) is 216 Å². The van der Waals surface area contributed by atoms with E-state index in [0.717, 1.165) is 101 Å². The van der Waals surface area contributed by atoms with Gasteiger partial charge in [-0.15, -0.1) is 0 Å². The molecule has 0 bridgehead atoms. The van der Waals surface area contributed by atoms with Crippen LogP contribution in [0.15, 0.2) is 374 Å². The number of para-hydroxylation sites is 14. The molecule has 114 heavy (non-hydrogen) atoms. The topological polar surface area (TPSA) is 37.5 Å². The molecule has 0 saturated heterocycles. The van der Waals surface area contributed by atoms with Crippen molar-refractivity contribution in [2.45, 2.75) is 52.4 Å². The van der Waals surface area contributed by atoms with Gasteiger partial charge in [0.2, 0.25) is 0 Å². The van der Waals surface area contributed by atoms with E-state index in [1.54, 1.807) is 0 Å². The predicted molar refractivity (Wildman–Crippen MR) is 478 cm³/mol. The summed E-state index contributed by atoms with van der Waals surface area (Å²) < 4.78 is 9.01. The lowest BCUT2D eigenvalue weighted by molar-refractivity contribution is 0.632. The Bertz CT molecular complexity index is 7040. The van der Waals surface area contributed by atoms with Crippen LogP contribution in [0.2, 0.25) is 0 Å². The highest BCUT2D eigenvalue weighted by Crippen LogP contribution is 2.61. The largest absolute Gasteiger partial charge is 0.456 e. The smallest absolute Gasteiger partial charge is 0.137 e. The zero-order valence-electron chi connectivity index (χ0n) is 64.3. The molecule has 0 radical (unpaired) electrons. The van der Waals surface area contributed by atoms with E-state index in [2.05, 4.69) is 439 Å². The molecular weight excluding hydrogens is 1390 g/mol. The van der Waals surface area contributed by atoms with E-state index in [9.17, 15) is 0 Å². The highest BCUT2D eigenvalue weighted by molar-refractivity contribution is 6.17. The zero-order valence-corrected chi connectivity index (χ0v) is 64.3. The summed E-state index contributed by atoms with van der Waals surface area (Å²) in [5, 5.41) is 9.53. The molecule has 8 nitrogen and oxygen atoms in total. The molecular formula is C106H79N7O. The fourth-order valence-corrected chi connectivity index (χ4v) is 19.3.